The third kappa shape index (κ3) is 11.3. The van der Waals surface area contributed by atoms with Crippen molar-refractivity contribution < 1.29 is 51.0 Å². The average Bonchev–Trinajstić information content (AvgIpc) is 3.24. The van der Waals surface area contributed by atoms with Gasteiger partial charge in [-0.3, -0.25) is 0 Å². The summed E-state index contributed by atoms with van der Waals surface area (Å²) >= 11 is 0. The van der Waals surface area contributed by atoms with Gasteiger partial charge in [-0.15, -0.1) is 81.2 Å². The summed E-state index contributed by atoms with van der Waals surface area (Å²) in [5, 5.41) is 5.49. The maximum absolute atomic E-state index is 3.38. The molecule has 0 aromatic heterocycles. The molecule has 0 aliphatic rings. The second kappa shape index (κ2) is 17.6. The molecule has 0 N–H and O–H groups in total. The van der Waals surface area contributed by atoms with Crippen LogP contribution in [0.4, 0.5) is 0 Å². The van der Waals surface area contributed by atoms with Crippen LogP contribution in [0.5, 0.6) is 0 Å². The second-order valence-corrected chi connectivity index (χ2v) is 8.53. The first-order valence-corrected chi connectivity index (χ1v) is 10.8. The molecule has 174 valence electrons. The number of hydrogen-bond acceptors (Lipinski definition) is 0. The molecule has 3 heteroatoms. The first kappa shape index (κ1) is 33.3. The van der Waals surface area contributed by atoms with Gasteiger partial charge >= 0.3 is 26.2 Å². The summed E-state index contributed by atoms with van der Waals surface area (Å²) in [6.45, 7) is 15.8. The SMILES string of the molecule is CC(C)Cc1cc2ccccc2[cH-]1.CC(C)Cc1cc2ccccc2[cH-]1.[CH2-]C[CH2-].[Cl-].[Cl-].[Zr+2]. The van der Waals surface area contributed by atoms with Gasteiger partial charge in [0.25, 0.3) is 0 Å². The number of rotatable bonds is 4. The van der Waals surface area contributed by atoms with Crippen LogP contribution < -0.4 is 24.8 Å². The van der Waals surface area contributed by atoms with Crippen LogP contribution in [-0.4, -0.2) is 0 Å². The molecule has 0 unspecified atom stereocenters. The van der Waals surface area contributed by atoms with E-state index in [4.69, 9.17) is 0 Å². The molecule has 0 aliphatic heterocycles. The second-order valence-electron chi connectivity index (χ2n) is 8.53. The van der Waals surface area contributed by atoms with Gasteiger partial charge in [0.2, 0.25) is 0 Å². The number of halogens is 2. The summed E-state index contributed by atoms with van der Waals surface area (Å²) in [6.07, 6.45) is 3.13. The molecule has 4 aromatic rings. The topological polar surface area (TPSA) is 0 Å². The van der Waals surface area contributed by atoms with E-state index in [-0.39, 0.29) is 51.0 Å². The molecular weight excluding hydrogens is 510 g/mol. The van der Waals surface area contributed by atoms with Crippen LogP contribution in [-0.2, 0) is 39.0 Å². The van der Waals surface area contributed by atoms with E-state index < -0.39 is 0 Å². The van der Waals surface area contributed by atoms with Crippen LogP contribution in [0.3, 0.4) is 0 Å². The standard InChI is InChI=1S/2C13H15.C3H6.2ClH.Zr/c2*1-10(2)7-11-8-12-5-3-4-6-13(12)9-11;1-3-2;;;/h2*3-6,8-10H,7H2,1-2H3;1-3H2;2*1H;/q2*-1;-2;;;+2/p-2. The molecule has 4 rings (SSSR count). The molecular formula is C29H36Cl2Zr-4. The van der Waals surface area contributed by atoms with E-state index in [9.17, 15) is 0 Å². The van der Waals surface area contributed by atoms with E-state index in [2.05, 4.69) is 114 Å². The van der Waals surface area contributed by atoms with Gasteiger partial charge in [-0.1, -0.05) is 39.8 Å². The van der Waals surface area contributed by atoms with Crippen LogP contribution in [0.15, 0.2) is 72.8 Å². The molecule has 0 heterocycles. The summed E-state index contributed by atoms with van der Waals surface area (Å²) < 4.78 is 0. The number of fused-ring (bicyclic) bond motifs is 2. The quantitative estimate of drug-likeness (QED) is 0.346. The predicted molar refractivity (Wildman–Crippen MR) is 131 cm³/mol. The normalized spacial score (nSPS) is 9.75. The van der Waals surface area contributed by atoms with Crippen LogP contribution in [0, 0.1) is 25.7 Å². The van der Waals surface area contributed by atoms with Crippen molar-refractivity contribution in [1.29, 1.82) is 0 Å². The van der Waals surface area contributed by atoms with E-state index in [1.165, 1.54) is 45.5 Å². The van der Waals surface area contributed by atoms with Gasteiger partial charge in [0, 0.05) is 0 Å². The van der Waals surface area contributed by atoms with Crippen LogP contribution >= 0.6 is 0 Å². The average molecular weight is 547 g/mol. The Labute approximate surface area is 227 Å². The maximum atomic E-state index is 3.38. The van der Waals surface area contributed by atoms with E-state index in [0.29, 0.717) is 0 Å². The first-order chi connectivity index (χ1) is 13.9. The Hall–Kier alpha value is -0.877. The van der Waals surface area contributed by atoms with E-state index in [0.717, 1.165) is 18.3 Å². The molecule has 0 spiro atoms. The van der Waals surface area contributed by atoms with Crippen molar-refractivity contribution >= 4 is 21.5 Å². The van der Waals surface area contributed by atoms with E-state index in [1.54, 1.807) is 0 Å². The minimum atomic E-state index is 0. The minimum absolute atomic E-state index is 0. The largest absolute Gasteiger partial charge is 2.00 e. The summed E-state index contributed by atoms with van der Waals surface area (Å²) in [4.78, 5) is 0. The molecule has 0 fully saturated rings. The van der Waals surface area contributed by atoms with Crippen molar-refractivity contribution in [2.24, 2.45) is 11.8 Å². The minimum Gasteiger partial charge on any atom is -1.00 e. The monoisotopic (exact) mass is 544 g/mol. The van der Waals surface area contributed by atoms with Crippen LogP contribution in [0.25, 0.3) is 21.5 Å². The molecule has 0 radical (unpaired) electrons. The van der Waals surface area contributed by atoms with Crippen LogP contribution in [0.2, 0.25) is 0 Å². The van der Waals surface area contributed by atoms with Crippen molar-refractivity contribution in [1.82, 2.24) is 0 Å². The zero-order chi connectivity index (χ0) is 21.2. The summed E-state index contributed by atoms with van der Waals surface area (Å²) in [6, 6.07) is 26.3. The fourth-order valence-corrected chi connectivity index (χ4v) is 3.61. The molecule has 0 aliphatic carbocycles. The van der Waals surface area contributed by atoms with E-state index >= 15 is 0 Å². The molecule has 0 amide bonds. The van der Waals surface area contributed by atoms with Gasteiger partial charge in [0.1, 0.15) is 0 Å². The summed E-state index contributed by atoms with van der Waals surface area (Å²) in [5.74, 6) is 1.49. The zero-order valence-electron chi connectivity index (χ0n) is 19.9. The Morgan fingerprint density at radius 3 is 1.25 bits per heavy atom. The molecule has 4 aromatic carbocycles. The molecule has 32 heavy (non-hydrogen) atoms. The Kier molecular flexibility index (Phi) is 18.3. The van der Waals surface area contributed by atoms with Gasteiger partial charge in [-0.2, -0.15) is 12.1 Å². The number of hydrogen-bond donors (Lipinski definition) is 0. The van der Waals surface area contributed by atoms with Gasteiger partial charge in [-0.05, 0) is 24.7 Å². The summed E-state index contributed by atoms with van der Waals surface area (Å²) in [7, 11) is 0. The van der Waals surface area contributed by atoms with Crippen molar-refractivity contribution in [3.63, 3.8) is 0 Å². The first-order valence-electron chi connectivity index (χ1n) is 10.8. The van der Waals surface area contributed by atoms with E-state index in [1.807, 2.05) is 0 Å². The molecule has 0 atom stereocenters. The third-order valence-electron chi connectivity index (χ3n) is 4.64. The van der Waals surface area contributed by atoms with Gasteiger partial charge in [0.05, 0.1) is 0 Å². The Morgan fingerprint density at radius 1 is 0.656 bits per heavy atom. The maximum Gasteiger partial charge on any atom is 2.00 e. The molecule has 0 saturated carbocycles. The molecule has 0 saturated heterocycles. The van der Waals surface area contributed by atoms with Gasteiger partial charge in [0.15, 0.2) is 0 Å². The zero-order valence-corrected chi connectivity index (χ0v) is 23.8. The van der Waals surface area contributed by atoms with Crippen molar-refractivity contribution in [2.75, 3.05) is 0 Å². The Balaban J connectivity index is 0. The van der Waals surface area contributed by atoms with Crippen LogP contribution in [0.1, 0.15) is 45.2 Å². The Morgan fingerprint density at radius 2 is 0.969 bits per heavy atom. The fourth-order valence-electron chi connectivity index (χ4n) is 3.61. The van der Waals surface area contributed by atoms with Crippen molar-refractivity contribution in [3.8, 4) is 0 Å². The smallest absolute Gasteiger partial charge is 1.00 e. The molecule has 0 bridgehead atoms. The predicted octanol–water partition coefficient (Wildman–Crippen LogP) is 2.56. The van der Waals surface area contributed by atoms with Gasteiger partial charge < -0.3 is 45.1 Å². The number of benzene rings is 2. The Bertz CT molecular complexity index is 833. The summed E-state index contributed by atoms with van der Waals surface area (Å²) in [5.41, 5.74) is 2.94. The fraction of sp³-hybridized carbons (Fsp3) is 0.310. The molecule has 0 nitrogen and oxygen atoms in total. The van der Waals surface area contributed by atoms with Crippen molar-refractivity contribution in [2.45, 2.75) is 47.0 Å². The van der Waals surface area contributed by atoms with Gasteiger partial charge in [-0.25, -0.2) is 0 Å². The third-order valence-corrected chi connectivity index (χ3v) is 4.64. The van der Waals surface area contributed by atoms with Crippen molar-refractivity contribution in [3.05, 3.63) is 97.8 Å².